The number of phenolic OH excluding ortho intramolecular Hbond substituents is 1. The molecule has 0 saturated heterocycles. The first-order valence-electron chi connectivity index (χ1n) is 10.2. The first kappa shape index (κ1) is 23.8. The van der Waals surface area contributed by atoms with Crippen molar-refractivity contribution in [1.29, 1.82) is 0 Å². The number of carbonyl (C=O) groups is 1. The first-order valence-corrected chi connectivity index (χ1v) is 11.7. The number of carbonyl (C=O) groups excluding carboxylic acids is 1. The van der Waals surface area contributed by atoms with Crippen molar-refractivity contribution in [3.8, 4) is 17.2 Å². The third-order valence-electron chi connectivity index (χ3n) is 5.07. The van der Waals surface area contributed by atoms with E-state index in [4.69, 9.17) is 21.1 Å². The number of halogens is 2. The third-order valence-corrected chi connectivity index (χ3v) is 6.24. The molecule has 0 unspecified atom stereocenters. The zero-order chi connectivity index (χ0) is 24.1. The molecule has 0 aliphatic carbocycles. The van der Waals surface area contributed by atoms with Gasteiger partial charge in [0, 0.05) is 10.6 Å². The number of nitrogens with zero attached hydrogens (tertiary/aromatic N) is 1. The second-order valence-electron chi connectivity index (χ2n) is 7.33. The number of methoxy groups -OCH3 is 1. The van der Waals surface area contributed by atoms with Crippen LogP contribution in [0.25, 0.3) is 10.8 Å². The van der Waals surface area contributed by atoms with Crippen molar-refractivity contribution < 1.29 is 19.4 Å². The minimum absolute atomic E-state index is 0.109. The van der Waals surface area contributed by atoms with Crippen LogP contribution in [0.15, 0.2) is 77.9 Å². The Kier molecular flexibility index (Phi) is 7.54. The summed E-state index contributed by atoms with van der Waals surface area (Å²) in [4.78, 5) is 12.5. The van der Waals surface area contributed by atoms with E-state index in [-0.39, 0.29) is 11.3 Å². The zero-order valence-electron chi connectivity index (χ0n) is 18.1. The van der Waals surface area contributed by atoms with Crippen molar-refractivity contribution in [3.05, 3.63) is 98.1 Å². The lowest BCUT2D eigenvalue weighted by atomic mass is 10.1. The summed E-state index contributed by atoms with van der Waals surface area (Å²) < 4.78 is 12.3. The number of hydrazone groups is 1. The van der Waals surface area contributed by atoms with Crippen LogP contribution in [0.1, 0.15) is 21.5 Å². The van der Waals surface area contributed by atoms with Crippen LogP contribution in [-0.4, -0.2) is 24.3 Å². The second-order valence-corrected chi connectivity index (χ2v) is 8.90. The number of ether oxygens (including phenoxy) is 2. The summed E-state index contributed by atoms with van der Waals surface area (Å²) >= 11 is 8.37. The van der Waals surface area contributed by atoms with Gasteiger partial charge < -0.3 is 14.6 Å². The number of hydrogen-bond acceptors (Lipinski definition) is 5. The Balaban J connectivity index is 1.48. The van der Waals surface area contributed by atoms with E-state index < -0.39 is 5.91 Å². The highest BCUT2D eigenvalue weighted by Crippen LogP contribution is 2.34. The maximum atomic E-state index is 12.5. The maximum absolute atomic E-state index is 12.5. The summed E-state index contributed by atoms with van der Waals surface area (Å²) in [6, 6.07) is 21.8. The number of hydrogen-bond donors (Lipinski definition) is 2. The number of aromatic hydroxyl groups is 1. The summed E-state index contributed by atoms with van der Waals surface area (Å²) in [6.45, 7) is 0.296. The molecule has 0 spiro atoms. The fraction of sp³-hybridized carbons (Fsp3) is 0.0769. The van der Waals surface area contributed by atoms with Crippen LogP contribution in [0.3, 0.4) is 0 Å². The average molecular weight is 587 g/mol. The van der Waals surface area contributed by atoms with Gasteiger partial charge in [-0.05, 0) is 69.3 Å². The van der Waals surface area contributed by atoms with E-state index >= 15 is 0 Å². The van der Waals surface area contributed by atoms with Crippen molar-refractivity contribution in [2.45, 2.75) is 6.61 Å². The Morgan fingerprint density at radius 1 is 1.09 bits per heavy atom. The highest BCUT2D eigenvalue weighted by molar-refractivity contribution is 14.1. The van der Waals surface area contributed by atoms with E-state index in [0.717, 1.165) is 19.9 Å². The predicted octanol–water partition coefficient (Wildman–Crippen LogP) is 6.15. The minimum atomic E-state index is -0.513. The number of nitrogens with one attached hydrogen (secondary N) is 1. The largest absolute Gasteiger partial charge is 0.507 e. The monoisotopic (exact) mass is 586 g/mol. The van der Waals surface area contributed by atoms with Gasteiger partial charge in [-0.3, -0.25) is 4.79 Å². The summed E-state index contributed by atoms with van der Waals surface area (Å²) in [6.07, 6.45) is 1.50. The first-order chi connectivity index (χ1) is 16.5. The molecule has 0 radical (unpaired) electrons. The molecule has 0 atom stereocenters. The van der Waals surface area contributed by atoms with E-state index in [1.807, 2.05) is 54.6 Å². The van der Waals surface area contributed by atoms with Gasteiger partial charge in [0.15, 0.2) is 11.5 Å². The van der Waals surface area contributed by atoms with Crippen molar-refractivity contribution in [1.82, 2.24) is 5.43 Å². The van der Waals surface area contributed by atoms with Crippen LogP contribution in [0.4, 0.5) is 0 Å². The summed E-state index contributed by atoms with van der Waals surface area (Å²) in [7, 11) is 1.55. The fourth-order valence-electron chi connectivity index (χ4n) is 3.36. The van der Waals surface area contributed by atoms with Gasteiger partial charge in [-0.15, -0.1) is 0 Å². The molecule has 0 heterocycles. The molecule has 34 heavy (non-hydrogen) atoms. The predicted molar refractivity (Wildman–Crippen MR) is 142 cm³/mol. The topological polar surface area (TPSA) is 80.2 Å². The quantitative estimate of drug-likeness (QED) is 0.155. The van der Waals surface area contributed by atoms with Crippen molar-refractivity contribution in [2.24, 2.45) is 5.10 Å². The lowest BCUT2D eigenvalue weighted by Gasteiger charge is -2.14. The molecule has 0 aliphatic heterocycles. The van der Waals surface area contributed by atoms with Gasteiger partial charge in [-0.2, -0.15) is 5.10 Å². The number of benzene rings is 4. The van der Waals surface area contributed by atoms with Crippen molar-refractivity contribution >= 4 is 57.1 Å². The van der Waals surface area contributed by atoms with Gasteiger partial charge in [0.2, 0.25) is 0 Å². The third kappa shape index (κ3) is 5.43. The number of phenols is 1. The van der Waals surface area contributed by atoms with Gasteiger partial charge in [-0.25, -0.2) is 5.43 Å². The lowest BCUT2D eigenvalue weighted by molar-refractivity contribution is 0.0952. The standard InChI is InChI=1S/C26H20ClIN2O4/c1-33-24-11-16(10-22(28)25(24)34-15-19-8-4-5-9-21(19)27)14-29-30-26(32)20-12-17-6-2-3-7-18(17)13-23(20)31/h2-14,31H,15H2,1H3,(H,30,32). The SMILES string of the molecule is COc1cc(C=NNC(=O)c2cc3ccccc3cc2O)cc(I)c1OCc1ccccc1Cl. The smallest absolute Gasteiger partial charge is 0.275 e. The maximum Gasteiger partial charge on any atom is 0.275 e. The minimum Gasteiger partial charge on any atom is -0.507 e. The zero-order valence-corrected chi connectivity index (χ0v) is 21.0. The van der Waals surface area contributed by atoms with Crippen LogP contribution in [0.5, 0.6) is 17.2 Å². The Labute approximate surface area is 215 Å². The molecule has 0 bridgehead atoms. The molecule has 4 rings (SSSR count). The van der Waals surface area contributed by atoms with Crippen LogP contribution in [0.2, 0.25) is 5.02 Å². The van der Waals surface area contributed by atoms with E-state index in [0.29, 0.717) is 28.7 Å². The summed E-state index contributed by atoms with van der Waals surface area (Å²) in [5, 5.41) is 16.6. The molecule has 0 saturated carbocycles. The van der Waals surface area contributed by atoms with Crippen LogP contribution in [-0.2, 0) is 6.61 Å². The summed E-state index contributed by atoms with van der Waals surface area (Å²) in [5.74, 6) is 0.493. The molecular formula is C26H20ClIN2O4. The van der Waals surface area contributed by atoms with E-state index in [1.165, 1.54) is 6.21 Å². The molecule has 172 valence electrons. The molecule has 6 nitrogen and oxygen atoms in total. The average Bonchev–Trinajstić information content (AvgIpc) is 2.83. The molecule has 0 aliphatic rings. The highest BCUT2D eigenvalue weighted by Gasteiger charge is 2.14. The Hall–Kier alpha value is -3.30. The van der Waals surface area contributed by atoms with Gasteiger partial charge in [0.25, 0.3) is 5.91 Å². The van der Waals surface area contributed by atoms with E-state index in [1.54, 1.807) is 25.3 Å². The Morgan fingerprint density at radius 2 is 1.79 bits per heavy atom. The normalized spacial score (nSPS) is 11.0. The van der Waals surface area contributed by atoms with Crippen molar-refractivity contribution in [3.63, 3.8) is 0 Å². The van der Waals surface area contributed by atoms with Crippen LogP contribution >= 0.6 is 34.2 Å². The van der Waals surface area contributed by atoms with Gasteiger partial charge >= 0.3 is 0 Å². The Bertz CT molecular complexity index is 1390. The van der Waals surface area contributed by atoms with Gasteiger partial charge in [-0.1, -0.05) is 54.1 Å². The Morgan fingerprint density at radius 3 is 2.53 bits per heavy atom. The molecule has 0 fully saturated rings. The molecule has 0 aromatic heterocycles. The number of fused-ring (bicyclic) bond motifs is 1. The van der Waals surface area contributed by atoms with Crippen LogP contribution in [0, 0.1) is 3.57 Å². The molecule has 4 aromatic rings. The molecule has 4 aromatic carbocycles. The van der Waals surface area contributed by atoms with Gasteiger partial charge in [0.05, 0.1) is 22.5 Å². The highest BCUT2D eigenvalue weighted by atomic mass is 127. The molecular weight excluding hydrogens is 567 g/mol. The van der Waals surface area contributed by atoms with E-state index in [2.05, 4.69) is 33.1 Å². The molecule has 1 amide bonds. The summed E-state index contributed by atoms with van der Waals surface area (Å²) in [5.41, 5.74) is 4.17. The van der Waals surface area contributed by atoms with Crippen molar-refractivity contribution in [2.75, 3.05) is 7.11 Å². The van der Waals surface area contributed by atoms with Crippen LogP contribution < -0.4 is 14.9 Å². The number of amides is 1. The molecule has 2 N–H and O–H groups in total. The lowest BCUT2D eigenvalue weighted by Crippen LogP contribution is -2.17. The van der Waals surface area contributed by atoms with E-state index in [9.17, 15) is 9.90 Å². The number of rotatable bonds is 7. The van der Waals surface area contributed by atoms with Gasteiger partial charge in [0.1, 0.15) is 12.4 Å². The fourth-order valence-corrected chi connectivity index (χ4v) is 4.33. The second kappa shape index (κ2) is 10.8. The molecule has 8 heteroatoms.